The zero-order valence-corrected chi connectivity index (χ0v) is 12.6. The van der Waals surface area contributed by atoms with Gasteiger partial charge in [0.25, 0.3) is 0 Å². The van der Waals surface area contributed by atoms with Gasteiger partial charge in [0.1, 0.15) is 17.8 Å². The van der Waals surface area contributed by atoms with Crippen molar-refractivity contribution < 1.29 is 19.3 Å². The van der Waals surface area contributed by atoms with Crippen molar-refractivity contribution in [3.05, 3.63) is 0 Å². The van der Waals surface area contributed by atoms with Crippen molar-refractivity contribution in [3.63, 3.8) is 0 Å². The Balaban J connectivity index is 0.000000180. The molecule has 0 amide bonds. The van der Waals surface area contributed by atoms with E-state index in [1.54, 1.807) is 0 Å². The van der Waals surface area contributed by atoms with E-state index < -0.39 is 16.3 Å². The van der Waals surface area contributed by atoms with E-state index in [9.17, 15) is 0 Å². The summed E-state index contributed by atoms with van der Waals surface area (Å²) < 4.78 is 15.1. The summed E-state index contributed by atoms with van der Waals surface area (Å²) in [6.07, 6.45) is 0.785. The summed E-state index contributed by atoms with van der Waals surface area (Å²) in [6, 6.07) is 0. The molecule has 0 radical (unpaired) electrons. The lowest BCUT2D eigenvalue weighted by Crippen LogP contribution is -2.26. The molecule has 5 atom stereocenters. The zero-order valence-electron chi connectivity index (χ0n) is 9.61. The summed E-state index contributed by atoms with van der Waals surface area (Å²) in [6.45, 7) is 3.26. The molecule has 2 aliphatic rings. The van der Waals surface area contributed by atoms with Crippen LogP contribution in [-0.4, -0.2) is 65.9 Å². The molecule has 2 rings (SSSR count). The van der Waals surface area contributed by atoms with Gasteiger partial charge in [-0.25, -0.2) is 0 Å². The molecule has 2 fully saturated rings. The van der Waals surface area contributed by atoms with Crippen LogP contribution in [0.2, 0.25) is 0 Å². The molecule has 0 saturated carbocycles. The molecule has 5 unspecified atom stereocenters. The van der Waals surface area contributed by atoms with E-state index in [0.717, 1.165) is 26.4 Å². The Kier molecular flexibility index (Phi) is 8.56. The predicted octanol–water partition coefficient (Wildman–Crippen LogP) is 1.80. The third-order valence-electron chi connectivity index (χ3n) is 2.17. The highest BCUT2D eigenvalue weighted by atomic mass is 35.5. The summed E-state index contributed by atoms with van der Waals surface area (Å²) in [4.78, 5) is 0. The van der Waals surface area contributed by atoms with Gasteiger partial charge in [-0.15, -0.1) is 34.8 Å². The number of hydrogen-bond donors (Lipinski definition) is 1. The van der Waals surface area contributed by atoms with Gasteiger partial charge in [-0.3, -0.25) is 0 Å². The number of halogens is 4. The molecule has 0 aromatic rings. The van der Waals surface area contributed by atoms with Crippen LogP contribution >= 0.6 is 46.4 Å². The molecule has 108 valence electrons. The second-order valence-corrected chi connectivity index (χ2v) is 5.76. The molecule has 1 N–H and O–H groups in total. The van der Waals surface area contributed by atoms with E-state index in [0.29, 0.717) is 12.2 Å². The summed E-state index contributed by atoms with van der Waals surface area (Å²) in [7, 11) is 0. The Hall–Kier alpha value is 1.00. The fraction of sp³-hybridized carbons (Fsp3) is 1.00. The van der Waals surface area contributed by atoms with Gasteiger partial charge in [-0.05, 0) is 0 Å². The van der Waals surface area contributed by atoms with Crippen molar-refractivity contribution in [2.45, 2.75) is 28.5 Å². The fourth-order valence-electron chi connectivity index (χ4n) is 0.917. The Morgan fingerprint density at radius 2 is 1.56 bits per heavy atom. The van der Waals surface area contributed by atoms with Crippen molar-refractivity contribution in [1.29, 1.82) is 0 Å². The average molecular weight is 342 g/mol. The summed E-state index contributed by atoms with van der Waals surface area (Å²) in [5, 5.41) is 7.44. The number of aliphatic hydroxyl groups is 1. The van der Waals surface area contributed by atoms with Gasteiger partial charge >= 0.3 is 0 Å². The van der Waals surface area contributed by atoms with E-state index in [1.807, 2.05) is 0 Å². The molecule has 0 aliphatic carbocycles. The van der Waals surface area contributed by atoms with Gasteiger partial charge in [0.2, 0.25) is 0 Å². The molecule has 2 heterocycles. The summed E-state index contributed by atoms with van der Waals surface area (Å²) in [5.41, 5.74) is -1.13. The highest BCUT2D eigenvalue weighted by molar-refractivity contribution is 6.36. The number of epoxide rings is 2. The second-order valence-electron chi connectivity index (χ2n) is 3.94. The molecule has 2 saturated heterocycles. The minimum atomic E-state index is -1.13. The monoisotopic (exact) mass is 340 g/mol. The standard InChI is InChI=1S/C6H10O3.C4H6Cl4O/c1(5-3-8-5)7-2-6-4-9-6;5-1-2(6)3(7)4(8)9/h5-6H,1-4H2;2-4,9H,1H2. The van der Waals surface area contributed by atoms with Gasteiger partial charge in [-0.1, -0.05) is 11.6 Å². The number of alkyl halides is 4. The maximum atomic E-state index is 8.61. The molecule has 2 aliphatic heterocycles. The number of rotatable bonds is 7. The van der Waals surface area contributed by atoms with E-state index in [-0.39, 0.29) is 5.88 Å². The SMILES string of the molecule is C(OCC1CO1)C1CO1.OC(Cl)C(Cl)C(Cl)CCl. The third kappa shape index (κ3) is 8.23. The van der Waals surface area contributed by atoms with Crippen molar-refractivity contribution in [2.75, 3.05) is 32.3 Å². The smallest absolute Gasteiger partial charge is 0.145 e. The third-order valence-corrected chi connectivity index (χ3v) is 4.16. The maximum absolute atomic E-state index is 8.61. The number of aliphatic hydroxyl groups excluding tert-OH is 1. The number of ether oxygens (including phenoxy) is 3. The molecule has 0 aromatic carbocycles. The Morgan fingerprint density at radius 1 is 1.11 bits per heavy atom. The molecule has 4 nitrogen and oxygen atoms in total. The first-order chi connectivity index (χ1) is 8.54. The lowest BCUT2D eigenvalue weighted by Gasteiger charge is -2.13. The molecule has 18 heavy (non-hydrogen) atoms. The van der Waals surface area contributed by atoms with Crippen molar-refractivity contribution in [3.8, 4) is 0 Å². The minimum absolute atomic E-state index is 0.180. The Labute approximate surface area is 126 Å². The highest BCUT2D eigenvalue weighted by Crippen LogP contribution is 2.17. The summed E-state index contributed by atoms with van der Waals surface area (Å²) >= 11 is 21.5. The van der Waals surface area contributed by atoms with Crippen LogP contribution in [0.25, 0.3) is 0 Å². The van der Waals surface area contributed by atoms with Gasteiger partial charge in [0.05, 0.1) is 37.2 Å². The first-order valence-electron chi connectivity index (χ1n) is 5.51. The Bertz CT molecular complexity index is 212. The van der Waals surface area contributed by atoms with Gasteiger partial charge in [0, 0.05) is 5.88 Å². The first kappa shape index (κ1) is 17.1. The van der Waals surface area contributed by atoms with Crippen LogP contribution in [0.4, 0.5) is 0 Å². The average Bonchev–Trinajstić information content (AvgIpc) is 3.21. The van der Waals surface area contributed by atoms with Gasteiger partial charge in [0.15, 0.2) is 0 Å². The Morgan fingerprint density at radius 3 is 1.78 bits per heavy atom. The van der Waals surface area contributed by atoms with E-state index in [2.05, 4.69) is 0 Å². The topological polar surface area (TPSA) is 54.5 Å². The highest BCUT2D eigenvalue weighted by Gasteiger charge is 2.26. The van der Waals surface area contributed by atoms with Crippen molar-refractivity contribution in [2.24, 2.45) is 0 Å². The van der Waals surface area contributed by atoms with Crippen LogP contribution in [0, 0.1) is 0 Å². The number of hydrogen-bond acceptors (Lipinski definition) is 4. The molecular weight excluding hydrogens is 326 g/mol. The lowest BCUT2D eigenvalue weighted by molar-refractivity contribution is 0.102. The minimum Gasteiger partial charge on any atom is -0.376 e. The molecule has 0 aromatic heterocycles. The maximum Gasteiger partial charge on any atom is 0.145 e. The lowest BCUT2D eigenvalue weighted by atomic mass is 10.3. The van der Waals surface area contributed by atoms with E-state index in [4.69, 9.17) is 65.7 Å². The van der Waals surface area contributed by atoms with E-state index in [1.165, 1.54) is 0 Å². The van der Waals surface area contributed by atoms with Crippen LogP contribution < -0.4 is 0 Å². The molecule has 0 bridgehead atoms. The summed E-state index contributed by atoms with van der Waals surface area (Å²) in [5.74, 6) is 0.180. The molecular formula is C10H16Cl4O4. The predicted molar refractivity (Wildman–Crippen MR) is 72.2 cm³/mol. The van der Waals surface area contributed by atoms with Crippen LogP contribution in [-0.2, 0) is 14.2 Å². The first-order valence-corrected chi connectivity index (χ1v) is 7.36. The van der Waals surface area contributed by atoms with Crippen molar-refractivity contribution >= 4 is 46.4 Å². The quantitative estimate of drug-likeness (QED) is 0.566. The zero-order chi connectivity index (χ0) is 13.5. The van der Waals surface area contributed by atoms with Crippen LogP contribution in [0.5, 0.6) is 0 Å². The van der Waals surface area contributed by atoms with Gasteiger partial charge < -0.3 is 19.3 Å². The molecule has 0 spiro atoms. The largest absolute Gasteiger partial charge is 0.376 e. The van der Waals surface area contributed by atoms with E-state index >= 15 is 0 Å². The van der Waals surface area contributed by atoms with Crippen LogP contribution in [0.1, 0.15) is 0 Å². The normalized spacial score (nSPS) is 29.8. The fourth-order valence-corrected chi connectivity index (χ4v) is 1.68. The van der Waals surface area contributed by atoms with Gasteiger partial charge in [-0.2, -0.15) is 0 Å². The van der Waals surface area contributed by atoms with Crippen LogP contribution in [0.15, 0.2) is 0 Å². The molecule has 8 heteroatoms. The van der Waals surface area contributed by atoms with Crippen LogP contribution in [0.3, 0.4) is 0 Å². The second kappa shape index (κ2) is 9.03. The van der Waals surface area contributed by atoms with Crippen molar-refractivity contribution in [1.82, 2.24) is 0 Å².